The second kappa shape index (κ2) is 13.8. The summed E-state index contributed by atoms with van der Waals surface area (Å²) in [7, 11) is -4.84. The van der Waals surface area contributed by atoms with Crippen molar-refractivity contribution in [2.45, 2.75) is 31.4 Å². The Morgan fingerprint density at radius 3 is 2.00 bits per heavy atom. The van der Waals surface area contributed by atoms with Gasteiger partial charge in [0.15, 0.2) is 5.25 Å². The zero-order valence-corrected chi connectivity index (χ0v) is 14.4. The fourth-order valence-electron chi connectivity index (χ4n) is 0.827. The van der Waals surface area contributed by atoms with Crippen molar-refractivity contribution in [3.8, 4) is 0 Å². The van der Waals surface area contributed by atoms with Gasteiger partial charge in [0.2, 0.25) is 0 Å². The third-order valence-corrected chi connectivity index (χ3v) is 2.87. The number of unbranched alkanes of at least 4 members (excludes halogenated alkanes) is 1. The van der Waals surface area contributed by atoms with Crippen molar-refractivity contribution in [1.82, 2.24) is 0 Å². The Kier molecular flexibility index (Phi) is 17.1. The van der Waals surface area contributed by atoms with Crippen molar-refractivity contribution >= 4 is 22.1 Å². The van der Waals surface area contributed by atoms with Crippen LogP contribution in [0.15, 0.2) is 0 Å². The first-order valence-corrected chi connectivity index (χ1v) is 6.95. The number of ether oxygens (including phenoxy) is 1. The third kappa shape index (κ3) is 15.9. The van der Waals surface area contributed by atoms with Crippen LogP contribution in [0.2, 0.25) is 0 Å². The average molecular weight is 322 g/mol. The quantitative estimate of drug-likeness (QED) is 0.192. The van der Waals surface area contributed by atoms with E-state index in [0.29, 0.717) is 6.61 Å². The van der Waals surface area contributed by atoms with E-state index < -0.39 is 33.7 Å². The van der Waals surface area contributed by atoms with Gasteiger partial charge in [-0.2, -0.15) is 8.42 Å². The molecule has 0 aromatic heterocycles. The van der Waals surface area contributed by atoms with Gasteiger partial charge in [-0.3, -0.25) is 14.1 Å². The Morgan fingerprint density at radius 1 is 1.30 bits per heavy atom. The molecule has 0 aliphatic rings. The number of carbonyl (C=O) groups is 2. The Labute approximate surface area is 140 Å². The minimum atomic E-state index is -4.84. The second-order valence-electron chi connectivity index (χ2n) is 3.41. The van der Waals surface area contributed by atoms with E-state index in [0.717, 1.165) is 13.0 Å². The molecule has 0 aliphatic heterocycles. The van der Waals surface area contributed by atoms with E-state index in [-0.39, 0.29) is 29.6 Å². The molecule has 1 atom stereocenters. The Morgan fingerprint density at radius 2 is 1.80 bits per heavy atom. The van der Waals surface area contributed by atoms with E-state index in [9.17, 15) is 18.0 Å². The summed E-state index contributed by atoms with van der Waals surface area (Å²) in [6, 6.07) is 0. The van der Waals surface area contributed by atoms with Crippen LogP contribution >= 0.6 is 0 Å². The van der Waals surface area contributed by atoms with Crippen LogP contribution in [0.5, 0.6) is 0 Å². The smallest absolute Gasteiger partial charge is 0.481 e. The second-order valence-corrected chi connectivity index (χ2v) is 5.00. The monoisotopic (exact) mass is 322 g/mol. The topological polar surface area (TPSA) is 138 Å². The molecule has 0 aromatic rings. The summed E-state index contributed by atoms with van der Waals surface area (Å²) in [6.07, 6.45) is 1.21. The van der Waals surface area contributed by atoms with E-state index in [4.69, 9.17) is 19.5 Å². The van der Waals surface area contributed by atoms with Crippen molar-refractivity contribution in [3.05, 3.63) is 6.92 Å². The summed E-state index contributed by atoms with van der Waals surface area (Å²) < 4.78 is 33.6. The van der Waals surface area contributed by atoms with Crippen molar-refractivity contribution < 1.29 is 67.1 Å². The minimum Gasteiger partial charge on any atom is -0.481 e. The van der Waals surface area contributed by atoms with Crippen LogP contribution in [0.4, 0.5) is 0 Å². The first-order chi connectivity index (χ1) is 8.66. The standard InChI is InChI=1S/C6H13O.C4H6O7S.Na/c1-3-5-6-7-4-2;5-3(6)1-2(4(7)8)12(9,10)11;/h2-6H2,1H3;2H,1H2,(H,5,6)(H,7,8)(H,9,10,11);/q-1;;+1. The van der Waals surface area contributed by atoms with Gasteiger partial charge in [0.25, 0.3) is 10.1 Å². The molecule has 10 heteroatoms. The van der Waals surface area contributed by atoms with E-state index in [1.807, 2.05) is 0 Å². The fraction of sp³-hybridized carbons (Fsp3) is 0.700. The SMILES string of the molecule is O=C(O)CC(C(=O)O)S(=O)(=O)O.[CH2-]COCCCC.[Na+]. The van der Waals surface area contributed by atoms with Crippen LogP contribution in [0.1, 0.15) is 26.2 Å². The summed E-state index contributed by atoms with van der Waals surface area (Å²) in [6.45, 7) is 7.17. The van der Waals surface area contributed by atoms with E-state index in [2.05, 4.69) is 13.8 Å². The molecular formula is C10H19NaO8S. The predicted molar refractivity (Wildman–Crippen MR) is 66.3 cm³/mol. The van der Waals surface area contributed by atoms with Crippen molar-refractivity contribution in [3.63, 3.8) is 0 Å². The van der Waals surface area contributed by atoms with Crippen molar-refractivity contribution in [1.29, 1.82) is 0 Å². The van der Waals surface area contributed by atoms with Crippen LogP contribution < -0.4 is 29.6 Å². The molecule has 0 radical (unpaired) electrons. The fourth-order valence-corrected chi connectivity index (χ4v) is 1.44. The molecule has 0 heterocycles. The number of hydrogen-bond acceptors (Lipinski definition) is 5. The minimum absolute atomic E-state index is 0. The number of rotatable bonds is 8. The zero-order chi connectivity index (χ0) is 15.5. The maximum atomic E-state index is 10.2. The van der Waals surface area contributed by atoms with Gasteiger partial charge in [0.05, 0.1) is 6.42 Å². The van der Waals surface area contributed by atoms with E-state index in [1.165, 1.54) is 6.42 Å². The molecule has 20 heavy (non-hydrogen) atoms. The molecule has 0 aliphatic carbocycles. The van der Waals surface area contributed by atoms with E-state index >= 15 is 0 Å². The maximum Gasteiger partial charge on any atom is 1.00 e. The Balaban J connectivity index is -0.000000312. The van der Waals surface area contributed by atoms with Crippen LogP contribution in [-0.2, 0) is 24.4 Å². The van der Waals surface area contributed by atoms with Gasteiger partial charge in [-0.15, -0.1) is 0 Å². The molecule has 114 valence electrons. The van der Waals surface area contributed by atoms with Gasteiger partial charge in [-0.25, -0.2) is 0 Å². The molecule has 0 aromatic carbocycles. The van der Waals surface area contributed by atoms with Crippen LogP contribution in [0.25, 0.3) is 0 Å². The molecule has 0 spiro atoms. The summed E-state index contributed by atoms with van der Waals surface area (Å²) in [5.41, 5.74) is 0. The molecule has 0 fully saturated rings. The number of aliphatic carboxylic acids is 2. The maximum absolute atomic E-state index is 10.2. The van der Waals surface area contributed by atoms with Gasteiger partial charge >= 0.3 is 41.5 Å². The summed E-state index contributed by atoms with van der Waals surface area (Å²) in [4.78, 5) is 20.0. The van der Waals surface area contributed by atoms with Crippen molar-refractivity contribution in [2.24, 2.45) is 0 Å². The summed E-state index contributed by atoms with van der Waals surface area (Å²) >= 11 is 0. The largest absolute Gasteiger partial charge is 1.00 e. The zero-order valence-electron chi connectivity index (χ0n) is 11.6. The van der Waals surface area contributed by atoms with Gasteiger partial charge in [0, 0.05) is 6.61 Å². The molecule has 8 nitrogen and oxygen atoms in total. The van der Waals surface area contributed by atoms with Gasteiger partial charge in [-0.1, -0.05) is 20.0 Å². The first kappa shape index (κ1) is 24.8. The molecular weight excluding hydrogens is 303 g/mol. The van der Waals surface area contributed by atoms with Gasteiger partial charge in [-0.05, 0) is 6.42 Å². The van der Waals surface area contributed by atoms with Crippen LogP contribution in [0, 0.1) is 6.92 Å². The predicted octanol–water partition coefficient (Wildman–Crippen LogP) is -2.56. The number of carboxylic acid groups (broad SMARTS) is 2. The summed E-state index contributed by atoms with van der Waals surface area (Å²) in [5.74, 6) is -3.50. The molecule has 0 saturated carbocycles. The van der Waals surface area contributed by atoms with Crippen LogP contribution in [-0.4, -0.2) is 53.6 Å². The van der Waals surface area contributed by atoms with Gasteiger partial charge < -0.3 is 21.9 Å². The molecule has 1 unspecified atom stereocenters. The molecule has 0 rings (SSSR count). The number of carboxylic acids is 2. The normalized spacial score (nSPS) is 11.6. The summed E-state index contributed by atoms with van der Waals surface area (Å²) in [5, 5.41) is 13.9. The van der Waals surface area contributed by atoms with Crippen molar-refractivity contribution in [2.75, 3.05) is 13.2 Å². The molecule has 0 bridgehead atoms. The Bertz CT molecular complexity index is 363. The van der Waals surface area contributed by atoms with Gasteiger partial charge in [0.1, 0.15) is 0 Å². The van der Waals surface area contributed by atoms with Crippen LogP contribution in [0.3, 0.4) is 0 Å². The van der Waals surface area contributed by atoms with E-state index in [1.54, 1.807) is 0 Å². The molecule has 3 N–H and O–H groups in total. The molecule has 0 amide bonds. The number of hydrogen-bond donors (Lipinski definition) is 3. The average Bonchev–Trinajstić information content (AvgIpc) is 2.25. The first-order valence-electron chi connectivity index (χ1n) is 5.44. The third-order valence-electron chi connectivity index (χ3n) is 1.78. The Hall–Kier alpha value is -0.190. The molecule has 0 saturated heterocycles.